The second-order valence-electron chi connectivity index (χ2n) is 3.88. The van der Waals surface area contributed by atoms with Crippen molar-refractivity contribution in [2.24, 2.45) is 0 Å². The van der Waals surface area contributed by atoms with E-state index in [1.807, 2.05) is 0 Å². The lowest BCUT2D eigenvalue weighted by atomic mass is 10.1. The van der Waals surface area contributed by atoms with Crippen LogP contribution in [0.25, 0.3) is 6.08 Å². The van der Waals surface area contributed by atoms with Gasteiger partial charge in [0.05, 0.1) is 0 Å². The molecule has 0 aromatic heterocycles. The van der Waals surface area contributed by atoms with Gasteiger partial charge in [-0.1, -0.05) is 41.4 Å². The molecule has 0 unspecified atom stereocenters. The number of allylic oxidation sites excluding steroid dienone is 1. The SMILES string of the molecule is O=C(/C=C/c1c(Cl)cccc1Cl)c1cccc(O)c1. The predicted molar refractivity (Wildman–Crippen MR) is 77.9 cm³/mol. The summed E-state index contributed by atoms with van der Waals surface area (Å²) in [6, 6.07) is 11.3. The Bertz CT molecular complexity index is 628. The summed E-state index contributed by atoms with van der Waals surface area (Å²) >= 11 is 12.0. The van der Waals surface area contributed by atoms with Crippen LogP contribution in [0.2, 0.25) is 10.0 Å². The first-order valence-electron chi connectivity index (χ1n) is 5.53. The molecule has 0 aliphatic heterocycles. The van der Waals surface area contributed by atoms with Crippen LogP contribution in [-0.4, -0.2) is 10.9 Å². The lowest BCUT2D eigenvalue weighted by Crippen LogP contribution is -1.93. The van der Waals surface area contributed by atoms with Gasteiger partial charge in [-0.3, -0.25) is 4.79 Å². The molecule has 0 heterocycles. The number of phenolic OH excluding ortho intramolecular Hbond substituents is 1. The third-order valence-corrected chi connectivity index (χ3v) is 3.19. The van der Waals surface area contributed by atoms with E-state index in [0.717, 1.165) is 0 Å². The number of hydrogen-bond donors (Lipinski definition) is 1. The summed E-state index contributed by atoms with van der Waals surface area (Å²) in [4.78, 5) is 11.9. The van der Waals surface area contributed by atoms with Crippen molar-refractivity contribution in [1.82, 2.24) is 0 Å². The van der Waals surface area contributed by atoms with Crippen molar-refractivity contribution in [3.63, 3.8) is 0 Å². The van der Waals surface area contributed by atoms with Gasteiger partial charge in [0, 0.05) is 21.2 Å². The summed E-state index contributed by atoms with van der Waals surface area (Å²) in [5, 5.41) is 10.3. The molecule has 0 spiro atoms. The highest BCUT2D eigenvalue weighted by Crippen LogP contribution is 2.25. The molecule has 2 rings (SSSR count). The molecule has 0 amide bonds. The molecule has 0 radical (unpaired) electrons. The van der Waals surface area contributed by atoms with Gasteiger partial charge in [0.15, 0.2) is 5.78 Å². The molecule has 0 fully saturated rings. The smallest absolute Gasteiger partial charge is 0.185 e. The van der Waals surface area contributed by atoms with Crippen LogP contribution in [-0.2, 0) is 0 Å². The van der Waals surface area contributed by atoms with Gasteiger partial charge in [-0.15, -0.1) is 0 Å². The van der Waals surface area contributed by atoms with Crippen LogP contribution < -0.4 is 0 Å². The fraction of sp³-hybridized carbons (Fsp3) is 0. The van der Waals surface area contributed by atoms with E-state index in [1.54, 1.807) is 36.4 Å². The average Bonchev–Trinajstić information content (AvgIpc) is 2.38. The maximum Gasteiger partial charge on any atom is 0.185 e. The quantitative estimate of drug-likeness (QED) is 0.663. The highest BCUT2D eigenvalue weighted by molar-refractivity contribution is 6.37. The van der Waals surface area contributed by atoms with E-state index in [4.69, 9.17) is 23.2 Å². The summed E-state index contributed by atoms with van der Waals surface area (Å²) in [6.07, 6.45) is 2.94. The summed E-state index contributed by atoms with van der Waals surface area (Å²) in [7, 11) is 0. The monoisotopic (exact) mass is 292 g/mol. The van der Waals surface area contributed by atoms with Crippen LogP contribution in [0.15, 0.2) is 48.5 Å². The molecular formula is C15H10Cl2O2. The first-order chi connectivity index (χ1) is 9.08. The Balaban J connectivity index is 2.26. The summed E-state index contributed by atoms with van der Waals surface area (Å²) in [5.41, 5.74) is 0.999. The minimum atomic E-state index is -0.230. The minimum absolute atomic E-state index is 0.0509. The third kappa shape index (κ3) is 3.37. The van der Waals surface area contributed by atoms with Crippen LogP contribution in [0.1, 0.15) is 15.9 Å². The second-order valence-corrected chi connectivity index (χ2v) is 4.70. The Labute approximate surface area is 120 Å². The van der Waals surface area contributed by atoms with Crippen molar-refractivity contribution in [2.75, 3.05) is 0 Å². The van der Waals surface area contributed by atoms with Gasteiger partial charge >= 0.3 is 0 Å². The van der Waals surface area contributed by atoms with Crippen molar-refractivity contribution in [2.45, 2.75) is 0 Å². The Kier molecular flexibility index (Phi) is 4.25. The minimum Gasteiger partial charge on any atom is -0.508 e. The zero-order chi connectivity index (χ0) is 13.8. The molecule has 0 saturated heterocycles. The molecule has 96 valence electrons. The Morgan fingerprint density at radius 1 is 1.05 bits per heavy atom. The van der Waals surface area contributed by atoms with Gasteiger partial charge in [-0.2, -0.15) is 0 Å². The number of hydrogen-bond acceptors (Lipinski definition) is 2. The fourth-order valence-electron chi connectivity index (χ4n) is 1.58. The van der Waals surface area contributed by atoms with Crippen molar-refractivity contribution in [3.8, 4) is 5.75 Å². The second kappa shape index (κ2) is 5.91. The highest BCUT2D eigenvalue weighted by Gasteiger charge is 2.05. The van der Waals surface area contributed by atoms with Crippen LogP contribution in [0.5, 0.6) is 5.75 Å². The average molecular weight is 293 g/mol. The molecule has 0 aliphatic carbocycles. The number of ketones is 1. The number of rotatable bonds is 3. The van der Waals surface area contributed by atoms with Crippen LogP contribution >= 0.6 is 23.2 Å². The molecule has 1 N–H and O–H groups in total. The molecule has 2 nitrogen and oxygen atoms in total. The molecule has 0 aliphatic rings. The number of carbonyl (C=O) groups excluding carboxylic acids is 1. The zero-order valence-electron chi connectivity index (χ0n) is 9.81. The standard InChI is InChI=1S/C15H10Cl2O2/c16-13-5-2-6-14(17)12(13)7-8-15(19)10-3-1-4-11(18)9-10/h1-9,18H/b8-7+. The van der Waals surface area contributed by atoms with E-state index >= 15 is 0 Å². The molecule has 0 bridgehead atoms. The van der Waals surface area contributed by atoms with E-state index in [9.17, 15) is 9.90 Å². The molecule has 0 atom stereocenters. The number of phenols is 1. The van der Waals surface area contributed by atoms with Gasteiger partial charge in [-0.25, -0.2) is 0 Å². The molecule has 2 aromatic rings. The number of benzene rings is 2. The van der Waals surface area contributed by atoms with E-state index in [2.05, 4.69) is 0 Å². The summed E-state index contributed by atoms with van der Waals surface area (Å²) in [5.74, 6) is -0.179. The van der Waals surface area contributed by atoms with E-state index in [0.29, 0.717) is 21.2 Å². The lowest BCUT2D eigenvalue weighted by molar-refractivity contribution is 0.104. The normalized spacial score (nSPS) is 10.8. The summed E-state index contributed by atoms with van der Waals surface area (Å²) < 4.78 is 0. The van der Waals surface area contributed by atoms with Crippen LogP contribution in [0.3, 0.4) is 0 Å². The van der Waals surface area contributed by atoms with Crippen LogP contribution in [0.4, 0.5) is 0 Å². The van der Waals surface area contributed by atoms with Crippen molar-refractivity contribution in [1.29, 1.82) is 0 Å². The van der Waals surface area contributed by atoms with Crippen molar-refractivity contribution >= 4 is 35.1 Å². The van der Waals surface area contributed by atoms with Crippen LogP contribution in [0, 0.1) is 0 Å². The number of aromatic hydroxyl groups is 1. The fourth-order valence-corrected chi connectivity index (χ4v) is 2.11. The van der Waals surface area contributed by atoms with E-state index < -0.39 is 0 Å². The first-order valence-corrected chi connectivity index (χ1v) is 6.29. The third-order valence-electron chi connectivity index (χ3n) is 2.53. The Morgan fingerprint density at radius 2 is 1.68 bits per heavy atom. The molecule has 19 heavy (non-hydrogen) atoms. The Hall–Kier alpha value is -1.77. The maximum absolute atomic E-state index is 11.9. The topological polar surface area (TPSA) is 37.3 Å². The van der Waals surface area contributed by atoms with Gasteiger partial charge in [0.25, 0.3) is 0 Å². The predicted octanol–water partition coefficient (Wildman–Crippen LogP) is 4.60. The number of halogens is 2. The van der Waals surface area contributed by atoms with Gasteiger partial charge in [0.1, 0.15) is 5.75 Å². The number of carbonyl (C=O) groups is 1. The Morgan fingerprint density at radius 3 is 2.32 bits per heavy atom. The molecular weight excluding hydrogens is 283 g/mol. The van der Waals surface area contributed by atoms with Crippen molar-refractivity contribution in [3.05, 3.63) is 69.7 Å². The first kappa shape index (κ1) is 13.7. The van der Waals surface area contributed by atoms with E-state index in [1.165, 1.54) is 18.2 Å². The zero-order valence-corrected chi connectivity index (χ0v) is 11.3. The molecule has 4 heteroatoms. The molecule has 2 aromatic carbocycles. The van der Waals surface area contributed by atoms with Gasteiger partial charge in [-0.05, 0) is 36.4 Å². The summed E-state index contributed by atoms with van der Waals surface area (Å²) in [6.45, 7) is 0. The lowest BCUT2D eigenvalue weighted by Gasteiger charge is -2.01. The maximum atomic E-state index is 11.9. The van der Waals surface area contributed by atoms with Gasteiger partial charge in [0.2, 0.25) is 0 Å². The van der Waals surface area contributed by atoms with Crippen molar-refractivity contribution < 1.29 is 9.90 Å². The molecule has 0 saturated carbocycles. The largest absolute Gasteiger partial charge is 0.508 e. The highest BCUT2D eigenvalue weighted by atomic mass is 35.5. The van der Waals surface area contributed by atoms with E-state index in [-0.39, 0.29) is 11.5 Å². The van der Waals surface area contributed by atoms with Gasteiger partial charge < -0.3 is 5.11 Å².